The van der Waals surface area contributed by atoms with Crippen molar-refractivity contribution in [3.05, 3.63) is 33.9 Å². The van der Waals surface area contributed by atoms with E-state index >= 15 is 0 Å². The third kappa shape index (κ3) is 2.76. The zero-order valence-electron chi connectivity index (χ0n) is 10.3. The van der Waals surface area contributed by atoms with Crippen molar-refractivity contribution in [1.29, 1.82) is 0 Å². The molecule has 1 heterocycles. The molecule has 0 amide bonds. The lowest BCUT2D eigenvalue weighted by Gasteiger charge is -2.20. The van der Waals surface area contributed by atoms with Gasteiger partial charge < -0.3 is 9.64 Å². The summed E-state index contributed by atoms with van der Waals surface area (Å²) < 4.78 is 6.05. The van der Waals surface area contributed by atoms with E-state index in [2.05, 4.69) is 25.8 Å². The van der Waals surface area contributed by atoms with Crippen LogP contribution in [-0.4, -0.2) is 32.3 Å². The van der Waals surface area contributed by atoms with E-state index in [1.165, 1.54) is 0 Å². The van der Waals surface area contributed by atoms with Crippen molar-refractivity contribution in [2.75, 3.05) is 32.2 Å². The third-order valence-electron chi connectivity index (χ3n) is 2.78. The number of aromatic nitrogens is 1. The molecule has 0 spiro atoms. The SMILES string of the molecule is COCCN(C)c1ccnc2c(Cl)cc(Br)cc12. The number of halogens is 2. The summed E-state index contributed by atoms with van der Waals surface area (Å²) in [6.07, 6.45) is 1.78. The summed E-state index contributed by atoms with van der Waals surface area (Å²) in [6.45, 7) is 1.50. The van der Waals surface area contributed by atoms with Crippen molar-refractivity contribution in [2.45, 2.75) is 0 Å². The zero-order chi connectivity index (χ0) is 13.1. The van der Waals surface area contributed by atoms with Crippen LogP contribution in [0.5, 0.6) is 0 Å². The highest BCUT2D eigenvalue weighted by atomic mass is 79.9. The van der Waals surface area contributed by atoms with Crippen molar-refractivity contribution < 1.29 is 4.74 Å². The number of likely N-dealkylation sites (N-methyl/N-ethyl adjacent to an activating group) is 1. The Bertz CT molecular complexity index is 562. The minimum Gasteiger partial charge on any atom is -0.383 e. The van der Waals surface area contributed by atoms with Crippen molar-refractivity contribution in [3.8, 4) is 0 Å². The Morgan fingerprint density at radius 1 is 1.44 bits per heavy atom. The van der Waals surface area contributed by atoms with E-state index in [-0.39, 0.29) is 0 Å². The molecule has 0 saturated heterocycles. The van der Waals surface area contributed by atoms with Crippen LogP contribution in [0.4, 0.5) is 5.69 Å². The third-order valence-corrected chi connectivity index (χ3v) is 3.53. The van der Waals surface area contributed by atoms with Gasteiger partial charge in [0.15, 0.2) is 0 Å². The average molecular weight is 330 g/mol. The summed E-state index contributed by atoms with van der Waals surface area (Å²) in [6, 6.07) is 5.88. The Morgan fingerprint density at radius 2 is 2.22 bits per heavy atom. The molecule has 0 N–H and O–H groups in total. The van der Waals surface area contributed by atoms with E-state index in [4.69, 9.17) is 16.3 Å². The fraction of sp³-hybridized carbons (Fsp3) is 0.308. The molecule has 0 aliphatic heterocycles. The summed E-state index contributed by atoms with van der Waals surface area (Å²) in [4.78, 5) is 6.47. The van der Waals surface area contributed by atoms with Gasteiger partial charge >= 0.3 is 0 Å². The van der Waals surface area contributed by atoms with Gasteiger partial charge in [-0.2, -0.15) is 0 Å². The summed E-state index contributed by atoms with van der Waals surface area (Å²) in [5.74, 6) is 0. The minimum absolute atomic E-state index is 0.654. The van der Waals surface area contributed by atoms with Gasteiger partial charge in [0.2, 0.25) is 0 Å². The van der Waals surface area contributed by atoms with E-state index < -0.39 is 0 Å². The molecule has 2 aromatic rings. The summed E-state index contributed by atoms with van der Waals surface area (Å²) in [5, 5.41) is 1.69. The molecule has 1 aromatic carbocycles. The number of ether oxygens (including phenoxy) is 1. The molecule has 5 heteroatoms. The van der Waals surface area contributed by atoms with Crippen molar-refractivity contribution >= 4 is 44.1 Å². The normalized spacial score (nSPS) is 10.9. The Balaban J connectivity index is 2.50. The number of methoxy groups -OCH3 is 1. The maximum Gasteiger partial charge on any atom is 0.0909 e. The maximum atomic E-state index is 6.21. The highest BCUT2D eigenvalue weighted by Crippen LogP contribution is 2.32. The Morgan fingerprint density at radius 3 is 2.94 bits per heavy atom. The largest absolute Gasteiger partial charge is 0.383 e. The van der Waals surface area contributed by atoms with Gasteiger partial charge in [-0.1, -0.05) is 27.5 Å². The Labute approximate surface area is 120 Å². The van der Waals surface area contributed by atoms with E-state index in [1.807, 2.05) is 25.2 Å². The smallest absolute Gasteiger partial charge is 0.0909 e. The first-order valence-electron chi connectivity index (χ1n) is 5.57. The second kappa shape index (κ2) is 5.87. The quantitative estimate of drug-likeness (QED) is 0.854. The van der Waals surface area contributed by atoms with Gasteiger partial charge in [-0.25, -0.2) is 0 Å². The van der Waals surface area contributed by atoms with Crippen LogP contribution >= 0.6 is 27.5 Å². The first-order valence-corrected chi connectivity index (χ1v) is 6.74. The monoisotopic (exact) mass is 328 g/mol. The summed E-state index contributed by atoms with van der Waals surface area (Å²) in [5.41, 5.74) is 1.92. The van der Waals surface area contributed by atoms with Crippen LogP contribution < -0.4 is 4.90 Å². The number of hydrogen-bond acceptors (Lipinski definition) is 3. The fourth-order valence-corrected chi connectivity index (χ4v) is 2.70. The molecule has 0 aliphatic carbocycles. The van der Waals surface area contributed by atoms with Crippen LogP contribution in [-0.2, 0) is 4.74 Å². The molecular formula is C13H14BrClN2O. The molecule has 0 fully saturated rings. The molecule has 18 heavy (non-hydrogen) atoms. The number of benzene rings is 1. The van der Waals surface area contributed by atoms with Gasteiger partial charge in [-0.05, 0) is 18.2 Å². The van der Waals surface area contributed by atoms with Gasteiger partial charge in [0, 0.05) is 42.4 Å². The number of hydrogen-bond donors (Lipinski definition) is 0. The second-order valence-corrected chi connectivity index (χ2v) is 5.35. The van der Waals surface area contributed by atoms with Crippen LogP contribution in [0.3, 0.4) is 0 Å². The predicted octanol–water partition coefficient (Wildman–Crippen LogP) is 3.73. The molecule has 0 radical (unpaired) electrons. The van der Waals surface area contributed by atoms with E-state index in [1.54, 1.807) is 13.3 Å². The molecule has 1 aromatic heterocycles. The first kappa shape index (κ1) is 13.6. The summed E-state index contributed by atoms with van der Waals surface area (Å²) >= 11 is 9.67. The predicted molar refractivity (Wildman–Crippen MR) is 79.6 cm³/mol. The number of fused-ring (bicyclic) bond motifs is 1. The van der Waals surface area contributed by atoms with Crippen molar-refractivity contribution in [2.24, 2.45) is 0 Å². The van der Waals surface area contributed by atoms with E-state index in [0.29, 0.717) is 11.6 Å². The van der Waals surface area contributed by atoms with Crippen LogP contribution in [0.2, 0.25) is 5.02 Å². The lowest BCUT2D eigenvalue weighted by atomic mass is 10.1. The van der Waals surface area contributed by atoms with Crippen molar-refractivity contribution in [1.82, 2.24) is 4.98 Å². The first-order chi connectivity index (χ1) is 8.63. The summed E-state index contributed by atoms with van der Waals surface area (Å²) in [7, 11) is 3.73. The molecule has 3 nitrogen and oxygen atoms in total. The molecule has 0 atom stereocenters. The van der Waals surface area contributed by atoms with Crippen LogP contribution in [0.25, 0.3) is 10.9 Å². The lowest BCUT2D eigenvalue weighted by Crippen LogP contribution is -2.22. The molecule has 0 unspecified atom stereocenters. The molecule has 0 aliphatic rings. The van der Waals surface area contributed by atoms with Crippen LogP contribution in [0, 0.1) is 0 Å². The highest BCUT2D eigenvalue weighted by molar-refractivity contribution is 9.10. The number of rotatable bonds is 4. The van der Waals surface area contributed by atoms with Crippen LogP contribution in [0.1, 0.15) is 0 Å². The van der Waals surface area contributed by atoms with Crippen LogP contribution in [0.15, 0.2) is 28.9 Å². The highest BCUT2D eigenvalue weighted by Gasteiger charge is 2.10. The molecule has 0 bridgehead atoms. The van der Waals surface area contributed by atoms with E-state index in [9.17, 15) is 0 Å². The average Bonchev–Trinajstić information content (AvgIpc) is 2.35. The van der Waals surface area contributed by atoms with E-state index in [0.717, 1.165) is 27.6 Å². The minimum atomic E-state index is 0.654. The van der Waals surface area contributed by atoms with Gasteiger partial charge in [0.1, 0.15) is 0 Å². The second-order valence-electron chi connectivity index (χ2n) is 4.03. The Kier molecular flexibility index (Phi) is 4.43. The zero-order valence-corrected chi connectivity index (χ0v) is 12.6. The molecule has 96 valence electrons. The number of anilines is 1. The standard InChI is InChI=1S/C13H14BrClN2O/c1-17(5-6-18-2)12-3-4-16-13-10(12)7-9(14)8-11(13)15/h3-4,7-8H,5-6H2,1-2H3. The molecular weight excluding hydrogens is 316 g/mol. The topological polar surface area (TPSA) is 25.4 Å². The van der Waals surface area contributed by atoms with Gasteiger partial charge in [0.05, 0.1) is 17.1 Å². The van der Waals surface area contributed by atoms with Gasteiger partial charge in [0.25, 0.3) is 0 Å². The number of nitrogens with zero attached hydrogens (tertiary/aromatic N) is 2. The maximum absolute atomic E-state index is 6.21. The molecule has 2 rings (SSSR count). The number of pyridine rings is 1. The lowest BCUT2D eigenvalue weighted by molar-refractivity contribution is 0.206. The van der Waals surface area contributed by atoms with Gasteiger partial charge in [-0.3, -0.25) is 4.98 Å². The Hall–Kier alpha value is -0.840. The van der Waals surface area contributed by atoms with Gasteiger partial charge in [-0.15, -0.1) is 0 Å². The fourth-order valence-electron chi connectivity index (χ4n) is 1.85. The van der Waals surface area contributed by atoms with Crippen molar-refractivity contribution in [3.63, 3.8) is 0 Å². The molecule has 0 saturated carbocycles.